The second kappa shape index (κ2) is 8.34. The molecule has 10 heteroatoms. The average molecular weight is 393 g/mol. The van der Waals surface area contributed by atoms with Crippen molar-refractivity contribution in [3.8, 4) is 11.5 Å². The van der Waals surface area contributed by atoms with Crippen molar-refractivity contribution in [3.63, 3.8) is 0 Å². The number of methoxy groups -OCH3 is 1. The zero-order valence-electron chi connectivity index (χ0n) is 13.9. The standard InChI is InChI=1S/C17H15NO8S/c1-25-15-10-11(6-8-14(15)26-27(22,23)24)7-9-16(19)18-13-5-3-2-4-12(13)17(20)21/h2-10H,1H3,(H,18,19)(H,20,21)(H,22,23,24)/b9-7+. The Hall–Kier alpha value is -3.37. The van der Waals surface area contributed by atoms with Gasteiger partial charge in [0.15, 0.2) is 11.5 Å². The van der Waals surface area contributed by atoms with Crippen LogP contribution in [0.1, 0.15) is 15.9 Å². The molecule has 1 amide bonds. The SMILES string of the molecule is COc1cc(/C=C/C(=O)Nc2ccccc2C(=O)O)ccc1OS(=O)(=O)O. The van der Waals surface area contributed by atoms with Crippen LogP contribution in [-0.2, 0) is 15.2 Å². The largest absolute Gasteiger partial charge is 0.493 e. The lowest BCUT2D eigenvalue weighted by Gasteiger charge is -2.08. The molecule has 3 N–H and O–H groups in total. The minimum Gasteiger partial charge on any atom is -0.493 e. The first kappa shape index (κ1) is 19.9. The summed E-state index contributed by atoms with van der Waals surface area (Å²) in [7, 11) is -3.43. The molecule has 0 saturated carbocycles. The van der Waals surface area contributed by atoms with E-state index in [9.17, 15) is 18.0 Å². The molecular formula is C17H15NO8S. The summed E-state index contributed by atoms with van der Waals surface area (Å²) in [6.45, 7) is 0. The van der Waals surface area contributed by atoms with E-state index in [-0.39, 0.29) is 22.7 Å². The Morgan fingerprint density at radius 1 is 1.11 bits per heavy atom. The van der Waals surface area contributed by atoms with Gasteiger partial charge in [0.1, 0.15) is 0 Å². The van der Waals surface area contributed by atoms with Gasteiger partial charge in [0.05, 0.1) is 18.4 Å². The topological polar surface area (TPSA) is 139 Å². The highest BCUT2D eigenvalue weighted by molar-refractivity contribution is 7.81. The van der Waals surface area contributed by atoms with Crippen LogP contribution in [0.25, 0.3) is 6.08 Å². The molecule has 9 nitrogen and oxygen atoms in total. The third-order valence-electron chi connectivity index (χ3n) is 3.23. The summed E-state index contributed by atoms with van der Waals surface area (Å²) in [6, 6.07) is 10.00. The molecule has 0 atom stereocenters. The van der Waals surface area contributed by atoms with E-state index in [1.807, 2.05) is 0 Å². The minimum atomic E-state index is -4.70. The highest BCUT2D eigenvalue weighted by Crippen LogP contribution is 2.29. The van der Waals surface area contributed by atoms with Gasteiger partial charge in [-0.25, -0.2) is 4.79 Å². The number of ether oxygens (including phenoxy) is 1. The third kappa shape index (κ3) is 5.83. The van der Waals surface area contributed by atoms with Crippen LogP contribution in [0.4, 0.5) is 5.69 Å². The normalized spacial score (nSPS) is 11.2. The molecule has 0 bridgehead atoms. The number of benzene rings is 2. The quantitative estimate of drug-likeness (QED) is 0.481. The molecule has 0 aliphatic carbocycles. The molecule has 27 heavy (non-hydrogen) atoms. The Kier molecular flexibility index (Phi) is 6.16. The lowest BCUT2D eigenvalue weighted by Crippen LogP contribution is -2.11. The summed E-state index contributed by atoms with van der Waals surface area (Å²) in [6.07, 6.45) is 2.56. The number of carboxylic acids is 1. The van der Waals surface area contributed by atoms with Crippen molar-refractivity contribution < 1.29 is 36.6 Å². The number of para-hydroxylation sites is 1. The number of aromatic carboxylic acids is 1. The molecule has 2 aromatic carbocycles. The monoisotopic (exact) mass is 393 g/mol. The van der Waals surface area contributed by atoms with Crippen LogP contribution in [0.15, 0.2) is 48.5 Å². The summed E-state index contributed by atoms with van der Waals surface area (Å²) in [4.78, 5) is 23.1. The van der Waals surface area contributed by atoms with Gasteiger partial charge in [-0.3, -0.25) is 9.35 Å². The van der Waals surface area contributed by atoms with Crippen LogP contribution in [0, 0.1) is 0 Å². The number of rotatable bonds is 7. The smallest absolute Gasteiger partial charge is 0.446 e. The van der Waals surface area contributed by atoms with Crippen LogP contribution in [0.3, 0.4) is 0 Å². The zero-order valence-corrected chi connectivity index (χ0v) is 14.8. The van der Waals surface area contributed by atoms with Crippen molar-refractivity contribution in [2.75, 3.05) is 12.4 Å². The number of carbonyl (C=O) groups excluding carboxylic acids is 1. The maximum Gasteiger partial charge on any atom is 0.446 e. The Labute approximate surface area is 154 Å². The van der Waals surface area contributed by atoms with E-state index in [0.717, 1.165) is 6.08 Å². The molecule has 0 unspecified atom stereocenters. The molecule has 0 heterocycles. The number of hydrogen-bond acceptors (Lipinski definition) is 6. The van der Waals surface area contributed by atoms with E-state index in [4.69, 9.17) is 14.4 Å². The van der Waals surface area contributed by atoms with Gasteiger partial charge < -0.3 is 19.3 Å². The summed E-state index contributed by atoms with van der Waals surface area (Å²) in [5.74, 6) is -1.95. The van der Waals surface area contributed by atoms with Gasteiger partial charge in [-0.15, -0.1) is 0 Å². The van der Waals surface area contributed by atoms with Gasteiger partial charge in [0.25, 0.3) is 0 Å². The Morgan fingerprint density at radius 2 is 1.81 bits per heavy atom. The van der Waals surface area contributed by atoms with Crippen LogP contribution in [-0.4, -0.2) is 37.1 Å². The van der Waals surface area contributed by atoms with E-state index in [0.29, 0.717) is 5.56 Å². The summed E-state index contributed by atoms with van der Waals surface area (Å²) in [5, 5.41) is 11.6. The number of carboxylic acid groups (broad SMARTS) is 1. The minimum absolute atomic E-state index is 0.0198. The lowest BCUT2D eigenvalue weighted by molar-refractivity contribution is -0.111. The molecule has 0 fully saturated rings. The van der Waals surface area contributed by atoms with Crippen molar-refractivity contribution in [3.05, 3.63) is 59.7 Å². The van der Waals surface area contributed by atoms with Crippen LogP contribution in [0.2, 0.25) is 0 Å². The van der Waals surface area contributed by atoms with Gasteiger partial charge in [0, 0.05) is 6.08 Å². The molecule has 0 aliphatic heterocycles. The first-order valence-corrected chi connectivity index (χ1v) is 8.72. The molecule has 0 spiro atoms. The molecule has 2 aromatic rings. The second-order valence-electron chi connectivity index (χ2n) is 5.09. The van der Waals surface area contributed by atoms with E-state index >= 15 is 0 Å². The molecule has 0 aliphatic rings. The van der Waals surface area contributed by atoms with Gasteiger partial charge in [-0.1, -0.05) is 18.2 Å². The fraction of sp³-hybridized carbons (Fsp3) is 0.0588. The molecule has 0 radical (unpaired) electrons. The molecular weight excluding hydrogens is 378 g/mol. The predicted octanol–water partition coefficient (Wildman–Crippen LogP) is 2.23. The van der Waals surface area contributed by atoms with E-state index in [1.54, 1.807) is 6.07 Å². The second-order valence-corrected chi connectivity index (χ2v) is 6.12. The first-order chi connectivity index (χ1) is 12.7. The summed E-state index contributed by atoms with van der Waals surface area (Å²) >= 11 is 0. The van der Waals surface area contributed by atoms with Crippen LogP contribution in [0.5, 0.6) is 11.5 Å². The van der Waals surface area contributed by atoms with Crippen molar-refractivity contribution in [2.45, 2.75) is 0 Å². The number of amides is 1. The fourth-order valence-electron chi connectivity index (χ4n) is 2.10. The van der Waals surface area contributed by atoms with Gasteiger partial charge in [0.2, 0.25) is 5.91 Å². The van der Waals surface area contributed by atoms with Crippen LogP contribution >= 0.6 is 0 Å². The molecule has 0 aromatic heterocycles. The average Bonchev–Trinajstić information content (AvgIpc) is 2.60. The van der Waals surface area contributed by atoms with Gasteiger partial charge in [-0.05, 0) is 35.9 Å². The zero-order chi connectivity index (χ0) is 20.0. The molecule has 0 saturated heterocycles. The van der Waals surface area contributed by atoms with Crippen molar-refractivity contribution >= 4 is 34.0 Å². The molecule has 2 rings (SSSR count). The first-order valence-electron chi connectivity index (χ1n) is 7.36. The highest BCUT2D eigenvalue weighted by Gasteiger charge is 2.13. The Bertz CT molecular complexity index is 998. The number of anilines is 1. The molecule has 142 valence electrons. The van der Waals surface area contributed by atoms with Gasteiger partial charge >= 0.3 is 16.4 Å². The summed E-state index contributed by atoms with van der Waals surface area (Å²) < 4.78 is 39.6. The number of hydrogen-bond donors (Lipinski definition) is 3. The summed E-state index contributed by atoms with van der Waals surface area (Å²) in [5.41, 5.74) is 0.568. The fourth-order valence-corrected chi connectivity index (χ4v) is 2.46. The predicted molar refractivity (Wildman–Crippen MR) is 96.2 cm³/mol. The van der Waals surface area contributed by atoms with Gasteiger partial charge in [-0.2, -0.15) is 8.42 Å². The van der Waals surface area contributed by atoms with Crippen molar-refractivity contribution in [1.82, 2.24) is 0 Å². The van der Waals surface area contributed by atoms with E-state index < -0.39 is 22.3 Å². The maximum absolute atomic E-state index is 12.0. The van der Waals surface area contributed by atoms with Crippen LogP contribution < -0.4 is 14.2 Å². The third-order valence-corrected chi connectivity index (χ3v) is 3.62. The van der Waals surface area contributed by atoms with E-state index in [1.165, 1.54) is 49.6 Å². The lowest BCUT2D eigenvalue weighted by atomic mass is 10.1. The van der Waals surface area contributed by atoms with Crippen molar-refractivity contribution in [2.24, 2.45) is 0 Å². The van der Waals surface area contributed by atoms with Crippen molar-refractivity contribution in [1.29, 1.82) is 0 Å². The maximum atomic E-state index is 12.0. The number of nitrogens with one attached hydrogen (secondary N) is 1. The highest BCUT2D eigenvalue weighted by atomic mass is 32.3. The van der Waals surface area contributed by atoms with E-state index in [2.05, 4.69) is 9.50 Å². The Morgan fingerprint density at radius 3 is 2.44 bits per heavy atom. The number of carbonyl (C=O) groups is 2. The Balaban J connectivity index is 2.16.